The van der Waals surface area contributed by atoms with Gasteiger partial charge >= 0.3 is 0 Å². The Hall–Kier alpha value is -0.370. The van der Waals surface area contributed by atoms with Crippen LogP contribution in [0.25, 0.3) is 0 Å². The van der Waals surface area contributed by atoms with Crippen molar-refractivity contribution in [3.05, 3.63) is 0 Å². The van der Waals surface area contributed by atoms with E-state index in [1.165, 1.54) is 0 Å². The molecule has 0 aliphatic heterocycles. The average Bonchev–Trinajstić information content (AvgIpc) is 2.27. The molecule has 0 radical (unpaired) electrons. The third-order valence-corrected chi connectivity index (χ3v) is 3.18. The number of carbonyl (C=O) groups excluding carboxylic acids is 1. The highest BCUT2D eigenvalue weighted by Gasteiger charge is 2.43. The van der Waals surface area contributed by atoms with Crippen LogP contribution in [-0.4, -0.2) is 17.0 Å². The van der Waals surface area contributed by atoms with E-state index in [4.69, 9.17) is 0 Å². The van der Waals surface area contributed by atoms with E-state index in [1.54, 1.807) is 0 Å². The molecule has 2 atom stereocenters. The fourth-order valence-electron chi connectivity index (χ4n) is 2.06. The first-order chi connectivity index (χ1) is 5.86. The summed E-state index contributed by atoms with van der Waals surface area (Å²) in [7, 11) is 0. The quantitative estimate of drug-likeness (QED) is 0.712. The van der Waals surface area contributed by atoms with E-state index in [1.807, 2.05) is 27.7 Å². The predicted octanol–water partition coefficient (Wildman–Crippen LogP) is 2.01. The lowest BCUT2D eigenvalue weighted by molar-refractivity contribution is -0.131. The number of hydrogen-bond acceptors (Lipinski definition) is 2. The van der Waals surface area contributed by atoms with Gasteiger partial charge in [0, 0.05) is 11.3 Å². The fourth-order valence-corrected chi connectivity index (χ4v) is 2.06. The van der Waals surface area contributed by atoms with Crippen LogP contribution < -0.4 is 0 Å². The SMILES string of the molecule is CC(C)C(O)C1CCC(C)(C)C1=O. The van der Waals surface area contributed by atoms with Crippen LogP contribution in [0, 0.1) is 17.3 Å². The first-order valence-corrected chi connectivity index (χ1v) is 5.08. The van der Waals surface area contributed by atoms with E-state index in [0.29, 0.717) is 0 Å². The highest BCUT2D eigenvalue weighted by atomic mass is 16.3. The van der Waals surface area contributed by atoms with Gasteiger partial charge in [0.15, 0.2) is 0 Å². The summed E-state index contributed by atoms with van der Waals surface area (Å²) in [5, 5.41) is 9.81. The van der Waals surface area contributed by atoms with Gasteiger partial charge in [-0.1, -0.05) is 27.7 Å². The smallest absolute Gasteiger partial charge is 0.144 e. The third kappa shape index (κ3) is 1.93. The zero-order chi connectivity index (χ0) is 10.2. The van der Waals surface area contributed by atoms with E-state index in [0.717, 1.165) is 12.8 Å². The van der Waals surface area contributed by atoms with Crippen LogP contribution in [0.2, 0.25) is 0 Å². The summed E-state index contributed by atoms with van der Waals surface area (Å²) < 4.78 is 0. The summed E-state index contributed by atoms with van der Waals surface area (Å²) in [5.41, 5.74) is -0.208. The second kappa shape index (κ2) is 3.41. The second-order valence-corrected chi connectivity index (χ2v) is 5.13. The minimum Gasteiger partial charge on any atom is -0.392 e. The van der Waals surface area contributed by atoms with E-state index < -0.39 is 6.10 Å². The van der Waals surface area contributed by atoms with Crippen molar-refractivity contribution in [2.75, 3.05) is 0 Å². The normalized spacial score (nSPS) is 29.7. The highest BCUT2D eigenvalue weighted by Crippen LogP contribution is 2.40. The Morgan fingerprint density at radius 1 is 1.46 bits per heavy atom. The number of aliphatic hydroxyl groups excluding tert-OH is 1. The lowest BCUT2D eigenvalue weighted by Crippen LogP contribution is -2.32. The van der Waals surface area contributed by atoms with Gasteiger partial charge in [-0.15, -0.1) is 0 Å². The van der Waals surface area contributed by atoms with Gasteiger partial charge in [-0.05, 0) is 18.8 Å². The van der Waals surface area contributed by atoms with Crippen molar-refractivity contribution in [3.63, 3.8) is 0 Å². The average molecular weight is 184 g/mol. The molecule has 0 heterocycles. The molecule has 0 bridgehead atoms. The van der Waals surface area contributed by atoms with Gasteiger partial charge in [0.05, 0.1) is 6.10 Å². The van der Waals surface area contributed by atoms with Gasteiger partial charge < -0.3 is 5.11 Å². The van der Waals surface area contributed by atoms with E-state index in [9.17, 15) is 9.90 Å². The van der Waals surface area contributed by atoms with E-state index in [2.05, 4.69) is 0 Å². The van der Waals surface area contributed by atoms with Gasteiger partial charge in [0.25, 0.3) is 0 Å². The van der Waals surface area contributed by atoms with Gasteiger partial charge in [-0.2, -0.15) is 0 Å². The van der Waals surface area contributed by atoms with Gasteiger partial charge in [0.2, 0.25) is 0 Å². The lowest BCUT2D eigenvalue weighted by atomic mass is 9.85. The third-order valence-electron chi connectivity index (χ3n) is 3.18. The Kier molecular flexibility index (Phi) is 2.81. The zero-order valence-electron chi connectivity index (χ0n) is 9.00. The van der Waals surface area contributed by atoms with Gasteiger partial charge in [-0.25, -0.2) is 0 Å². The van der Waals surface area contributed by atoms with Crippen molar-refractivity contribution in [3.8, 4) is 0 Å². The van der Waals surface area contributed by atoms with Crippen molar-refractivity contribution in [2.45, 2.75) is 46.6 Å². The summed E-state index contributed by atoms with van der Waals surface area (Å²) in [5.74, 6) is 0.312. The number of rotatable bonds is 2. The Morgan fingerprint density at radius 2 is 2.00 bits per heavy atom. The molecule has 0 aromatic rings. The molecular weight excluding hydrogens is 164 g/mol. The number of ketones is 1. The number of Topliss-reactive ketones (excluding diaryl/α,β-unsaturated/α-hetero) is 1. The molecule has 0 aromatic carbocycles. The molecule has 1 rings (SSSR count). The molecule has 1 aliphatic rings. The lowest BCUT2D eigenvalue weighted by Gasteiger charge is -2.22. The molecule has 1 N–H and O–H groups in total. The largest absolute Gasteiger partial charge is 0.392 e. The van der Waals surface area contributed by atoms with Crippen LogP contribution in [0.3, 0.4) is 0 Å². The Labute approximate surface area is 80.3 Å². The summed E-state index contributed by atoms with van der Waals surface area (Å²) >= 11 is 0. The molecule has 1 aliphatic carbocycles. The maximum Gasteiger partial charge on any atom is 0.144 e. The topological polar surface area (TPSA) is 37.3 Å². The molecule has 0 spiro atoms. The van der Waals surface area contributed by atoms with Crippen LogP contribution in [0.5, 0.6) is 0 Å². The van der Waals surface area contributed by atoms with Crippen LogP contribution >= 0.6 is 0 Å². The minimum atomic E-state index is -0.450. The molecule has 2 heteroatoms. The molecule has 2 nitrogen and oxygen atoms in total. The van der Waals surface area contributed by atoms with Crippen molar-refractivity contribution in [1.82, 2.24) is 0 Å². The molecule has 1 fully saturated rings. The Bertz CT molecular complexity index is 206. The molecule has 13 heavy (non-hydrogen) atoms. The van der Waals surface area contributed by atoms with Crippen molar-refractivity contribution in [2.24, 2.45) is 17.3 Å². The first kappa shape index (κ1) is 10.7. The van der Waals surface area contributed by atoms with Crippen LogP contribution in [0.15, 0.2) is 0 Å². The summed E-state index contributed by atoms with van der Waals surface area (Å²) in [6, 6.07) is 0. The molecule has 0 saturated heterocycles. The van der Waals surface area contributed by atoms with Crippen LogP contribution in [0.1, 0.15) is 40.5 Å². The summed E-state index contributed by atoms with van der Waals surface area (Å²) in [6.45, 7) is 7.87. The Balaban J connectivity index is 2.71. The summed E-state index contributed by atoms with van der Waals surface area (Å²) in [4.78, 5) is 11.8. The van der Waals surface area contributed by atoms with E-state index in [-0.39, 0.29) is 23.0 Å². The second-order valence-electron chi connectivity index (χ2n) is 5.13. The number of hydrogen-bond donors (Lipinski definition) is 1. The van der Waals surface area contributed by atoms with Gasteiger partial charge in [-0.3, -0.25) is 4.79 Å². The van der Waals surface area contributed by atoms with Gasteiger partial charge in [0.1, 0.15) is 5.78 Å². The van der Waals surface area contributed by atoms with E-state index >= 15 is 0 Å². The molecule has 0 amide bonds. The first-order valence-electron chi connectivity index (χ1n) is 5.08. The molecule has 2 unspecified atom stereocenters. The monoisotopic (exact) mass is 184 g/mol. The molecular formula is C11H20O2. The molecule has 76 valence electrons. The highest BCUT2D eigenvalue weighted by molar-refractivity contribution is 5.88. The van der Waals surface area contributed by atoms with Crippen LogP contribution in [0.4, 0.5) is 0 Å². The summed E-state index contributed by atoms with van der Waals surface area (Å²) in [6.07, 6.45) is 1.32. The standard InChI is InChI=1S/C11H20O2/c1-7(2)9(12)8-5-6-11(3,4)10(8)13/h7-9,12H,5-6H2,1-4H3. The van der Waals surface area contributed by atoms with Crippen molar-refractivity contribution >= 4 is 5.78 Å². The maximum atomic E-state index is 11.8. The molecule has 1 saturated carbocycles. The van der Waals surface area contributed by atoms with Crippen molar-refractivity contribution in [1.29, 1.82) is 0 Å². The maximum absolute atomic E-state index is 11.8. The zero-order valence-corrected chi connectivity index (χ0v) is 9.00. The molecule has 0 aromatic heterocycles. The minimum absolute atomic E-state index is 0.116. The van der Waals surface area contributed by atoms with Crippen LogP contribution in [-0.2, 0) is 4.79 Å². The predicted molar refractivity (Wildman–Crippen MR) is 52.4 cm³/mol. The van der Waals surface area contributed by atoms with Crippen molar-refractivity contribution < 1.29 is 9.90 Å². The number of aliphatic hydroxyl groups is 1. The Morgan fingerprint density at radius 3 is 2.31 bits per heavy atom. The fraction of sp³-hybridized carbons (Fsp3) is 0.909. The number of carbonyl (C=O) groups is 1.